The summed E-state index contributed by atoms with van der Waals surface area (Å²) < 4.78 is 24.7. The molecule has 1 amide bonds. The quantitative estimate of drug-likeness (QED) is 0.693. The fourth-order valence-corrected chi connectivity index (χ4v) is 3.65. The molecule has 0 bridgehead atoms. The van der Waals surface area contributed by atoms with Crippen LogP contribution in [0.25, 0.3) is 11.6 Å². The largest absolute Gasteiger partial charge is 0.479 e. The Morgan fingerprint density at radius 1 is 1.45 bits per heavy atom. The van der Waals surface area contributed by atoms with Crippen LogP contribution in [0.15, 0.2) is 29.0 Å². The predicted octanol–water partition coefficient (Wildman–Crippen LogP) is 3.67. The Morgan fingerprint density at radius 2 is 2.28 bits per heavy atom. The number of halogens is 2. The lowest BCUT2D eigenvalue weighted by molar-refractivity contribution is 0.0599. The van der Waals surface area contributed by atoms with Gasteiger partial charge >= 0.3 is 0 Å². The number of carbonyl (C=O) groups excluding carboxylic acids is 1. The average Bonchev–Trinajstić information content (AvgIpc) is 3.37. The number of hydrogen-bond acceptors (Lipinski definition) is 6. The van der Waals surface area contributed by atoms with Gasteiger partial charge < -0.3 is 19.1 Å². The third-order valence-electron chi connectivity index (χ3n) is 5.11. The van der Waals surface area contributed by atoms with E-state index in [-0.39, 0.29) is 23.4 Å². The number of aromatic amines is 1. The summed E-state index contributed by atoms with van der Waals surface area (Å²) in [5.41, 5.74) is 0.552. The minimum atomic E-state index is -0.764. The molecule has 0 unspecified atom stereocenters. The van der Waals surface area contributed by atoms with Crippen LogP contribution in [0.4, 0.5) is 4.39 Å². The minimum absolute atomic E-state index is 0.0501. The van der Waals surface area contributed by atoms with Crippen LogP contribution in [-0.2, 0) is 0 Å². The van der Waals surface area contributed by atoms with Crippen molar-refractivity contribution in [3.05, 3.63) is 46.8 Å². The molecule has 8 nitrogen and oxygen atoms in total. The third kappa shape index (κ3) is 3.69. The summed E-state index contributed by atoms with van der Waals surface area (Å²) in [5.74, 6) is -0.675. The molecule has 0 saturated carbocycles. The summed E-state index contributed by atoms with van der Waals surface area (Å²) in [4.78, 5) is 25.8. The lowest BCUT2D eigenvalue weighted by Crippen LogP contribution is -2.45. The van der Waals surface area contributed by atoms with Gasteiger partial charge in [0.05, 0.1) is 17.7 Å². The molecule has 0 aromatic carbocycles. The molecule has 1 saturated heterocycles. The number of aromatic nitrogens is 4. The molecule has 2 atom stereocenters. The van der Waals surface area contributed by atoms with E-state index in [1.807, 2.05) is 6.92 Å². The van der Waals surface area contributed by atoms with Crippen molar-refractivity contribution in [2.24, 2.45) is 0 Å². The molecule has 4 heterocycles. The molecule has 0 radical (unpaired) electrons. The first-order chi connectivity index (χ1) is 14.0. The second-order valence-corrected chi connectivity index (χ2v) is 7.39. The molecule has 29 heavy (non-hydrogen) atoms. The van der Waals surface area contributed by atoms with E-state index in [1.54, 1.807) is 17.2 Å². The van der Waals surface area contributed by atoms with Gasteiger partial charge in [-0.05, 0) is 31.9 Å². The number of rotatable bonds is 4. The number of ether oxygens (including phenoxy) is 1. The molecule has 3 aromatic heterocycles. The van der Waals surface area contributed by atoms with Crippen LogP contribution in [0.2, 0.25) is 5.02 Å². The monoisotopic (exact) mass is 419 g/mol. The lowest BCUT2D eigenvalue weighted by Gasteiger charge is -2.37. The molecular formula is C19H19ClFN5O3. The van der Waals surface area contributed by atoms with Gasteiger partial charge in [0.2, 0.25) is 0 Å². The normalized spacial score (nSPS) is 19.4. The Morgan fingerprint density at radius 3 is 3.00 bits per heavy atom. The van der Waals surface area contributed by atoms with Gasteiger partial charge in [-0.15, -0.1) is 0 Å². The summed E-state index contributed by atoms with van der Waals surface area (Å²) in [7, 11) is 1.31. The van der Waals surface area contributed by atoms with E-state index < -0.39 is 11.7 Å². The minimum Gasteiger partial charge on any atom is -0.479 e. The maximum Gasteiger partial charge on any atom is 0.274 e. The van der Waals surface area contributed by atoms with Crippen molar-refractivity contribution in [1.29, 1.82) is 0 Å². The number of likely N-dealkylation sites (tertiary alicyclic amines) is 1. The summed E-state index contributed by atoms with van der Waals surface area (Å²) in [6, 6.07) is 3.00. The zero-order valence-electron chi connectivity index (χ0n) is 15.9. The molecule has 0 spiro atoms. The number of piperidine rings is 1. The SMILES string of the molecule is COc1nccc(C(=O)N2C[C@@H](c3noc(-c4cc(Cl)c[nH]4)n3)CC[C@H]2C)c1F. The van der Waals surface area contributed by atoms with Gasteiger partial charge in [0, 0.05) is 30.9 Å². The molecule has 1 fully saturated rings. The van der Waals surface area contributed by atoms with Crippen molar-refractivity contribution >= 4 is 17.5 Å². The molecule has 1 N–H and O–H groups in total. The highest BCUT2D eigenvalue weighted by atomic mass is 35.5. The summed E-state index contributed by atoms with van der Waals surface area (Å²) >= 11 is 5.92. The summed E-state index contributed by atoms with van der Waals surface area (Å²) in [5, 5.41) is 4.61. The third-order valence-corrected chi connectivity index (χ3v) is 5.33. The number of nitrogens with one attached hydrogen (secondary N) is 1. The maximum absolute atomic E-state index is 14.5. The van der Waals surface area contributed by atoms with Gasteiger partial charge in [-0.2, -0.15) is 4.98 Å². The molecule has 0 aliphatic carbocycles. The topological polar surface area (TPSA) is 97.1 Å². The van der Waals surface area contributed by atoms with Crippen molar-refractivity contribution in [2.45, 2.75) is 31.7 Å². The van der Waals surface area contributed by atoms with E-state index in [0.717, 1.165) is 12.8 Å². The molecule has 10 heteroatoms. The number of amides is 1. The Labute approximate surface area is 171 Å². The summed E-state index contributed by atoms with van der Waals surface area (Å²) in [6.45, 7) is 2.29. The highest BCUT2D eigenvalue weighted by Crippen LogP contribution is 2.31. The van der Waals surface area contributed by atoms with Crippen LogP contribution < -0.4 is 4.74 Å². The highest BCUT2D eigenvalue weighted by Gasteiger charge is 2.34. The number of pyridine rings is 1. The van der Waals surface area contributed by atoms with Crippen molar-refractivity contribution in [3.8, 4) is 17.5 Å². The van der Waals surface area contributed by atoms with Gasteiger partial charge in [0.25, 0.3) is 17.7 Å². The zero-order chi connectivity index (χ0) is 20.5. The van der Waals surface area contributed by atoms with Crippen LogP contribution in [0.5, 0.6) is 5.88 Å². The highest BCUT2D eigenvalue weighted by molar-refractivity contribution is 6.30. The van der Waals surface area contributed by atoms with Crippen molar-refractivity contribution < 1.29 is 18.4 Å². The van der Waals surface area contributed by atoms with Crippen LogP contribution >= 0.6 is 11.6 Å². The fraction of sp³-hybridized carbons (Fsp3) is 0.368. The fourth-order valence-electron chi connectivity index (χ4n) is 3.49. The molecule has 3 aromatic rings. The van der Waals surface area contributed by atoms with Crippen LogP contribution in [-0.4, -0.2) is 50.6 Å². The van der Waals surface area contributed by atoms with Crippen molar-refractivity contribution in [2.75, 3.05) is 13.7 Å². The van der Waals surface area contributed by atoms with E-state index in [4.69, 9.17) is 20.9 Å². The first-order valence-corrected chi connectivity index (χ1v) is 9.53. The van der Waals surface area contributed by atoms with Crippen LogP contribution in [0, 0.1) is 5.82 Å². The summed E-state index contributed by atoms with van der Waals surface area (Å²) in [6.07, 6.45) is 4.51. The van der Waals surface area contributed by atoms with E-state index in [9.17, 15) is 9.18 Å². The van der Waals surface area contributed by atoms with E-state index in [0.29, 0.717) is 29.0 Å². The lowest BCUT2D eigenvalue weighted by atomic mass is 9.92. The molecule has 1 aliphatic rings. The van der Waals surface area contributed by atoms with E-state index in [1.165, 1.54) is 19.4 Å². The van der Waals surface area contributed by atoms with E-state index >= 15 is 0 Å². The first-order valence-electron chi connectivity index (χ1n) is 9.15. The number of nitrogens with zero attached hydrogens (tertiary/aromatic N) is 4. The van der Waals surface area contributed by atoms with Gasteiger partial charge in [0.1, 0.15) is 5.69 Å². The number of carbonyl (C=O) groups is 1. The second-order valence-electron chi connectivity index (χ2n) is 6.95. The molecule has 1 aliphatic heterocycles. The van der Waals surface area contributed by atoms with Crippen molar-refractivity contribution in [1.82, 2.24) is 25.0 Å². The predicted molar refractivity (Wildman–Crippen MR) is 102 cm³/mol. The maximum atomic E-state index is 14.5. The zero-order valence-corrected chi connectivity index (χ0v) is 16.6. The van der Waals surface area contributed by atoms with E-state index in [2.05, 4.69) is 20.1 Å². The number of hydrogen-bond donors (Lipinski definition) is 1. The van der Waals surface area contributed by atoms with Gasteiger partial charge in [0.15, 0.2) is 11.6 Å². The Kier molecular flexibility index (Phi) is 5.23. The first kappa shape index (κ1) is 19.4. The smallest absolute Gasteiger partial charge is 0.274 e. The molecule has 4 rings (SSSR count). The van der Waals surface area contributed by atoms with Gasteiger partial charge in [-0.1, -0.05) is 16.8 Å². The van der Waals surface area contributed by atoms with Crippen LogP contribution in [0.3, 0.4) is 0 Å². The number of methoxy groups -OCH3 is 1. The number of H-pyrrole nitrogens is 1. The molecular weight excluding hydrogens is 401 g/mol. The standard InChI is InChI=1S/C19H19ClFN5O3/c1-10-3-4-11(16-24-17(29-25-16)14-7-12(20)8-23-14)9-26(10)19(27)13-5-6-22-18(28-2)15(13)21/h5-8,10-11,23H,3-4,9H2,1-2H3/t10-,11+/m1/s1. The Bertz CT molecular complexity index is 1040. The van der Waals surface area contributed by atoms with Crippen molar-refractivity contribution in [3.63, 3.8) is 0 Å². The molecule has 152 valence electrons. The van der Waals surface area contributed by atoms with Gasteiger partial charge in [-0.25, -0.2) is 9.37 Å². The van der Waals surface area contributed by atoms with Crippen LogP contribution in [0.1, 0.15) is 41.9 Å². The Hall–Kier alpha value is -2.94. The average molecular weight is 420 g/mol. The second kappa shape index (κ2) is 7.82. The van der Waals surface area contributed by atoms with Gasteiger partial charge in [-0.3, -0.25) is 4.79 Å². The Balaban J connectivity index is 1.56.